The molecule has 0 saturated heterocycles. The van der Waals surface area contributed by atoms with Crippen molar-refractivity contribution in [1.29, 1.82) is 0 Å². The molecule has 0 amide bonds. The van der Waals surface area contributed by atoms with Crippen LogP contribution < -0.4 is 5.43 Å². The Kier molecular flexibility index (Phi) is 3.55. The van der Waals surface area contributed by atoms with Gasteiger partial charge in [0.2, 0.25) is 0 Å². The lowest BCUT2D eigenvalue weighted by atomic mass is 10.3. The van der Waals surface area contributed by atoms with Crippen LogP contribution in [-0.2, 0) is 0 Å². The minimum absolute atomic E-state index is 0.218. The standard InChI is InChI=1S/C14H13N5O/c1-2-6-16-13(5-1)14(19-8-7-15-11-19)18-17-10-12-4-3-9-20-12/h1-11,14,18H. The third-order valence-corrected chi connectivity index (χ3v) is 2.72. The number of nitrogens with one attached hydrogen (secondary N) is 1. The van der Waals surface area contributed by atoms with Gasteiger partial charge in [-0.25, -0.2) is 4.98 Å². The fraction of sp³-hybridized carbons (Fsp3) is 0.0714. The van der Waals surface area contributed by atoms with Crippen LogP contribution in [0.5, 0.6) is 0 Å². The van der Waals surface area contributed by atoms with Crippen molar-refractivity contribution in [3.8, 4) is 0 Å². The lowest BCUT2D eigenvalue weighted by molar-refractivity contribution is 0.471. The lowest BCUT2D eigenvalue weighted by Crippen LogP contribution is -2.23. The Balaban J connectivity index is 1.80. The second kappa shape index (κ2) is 5.83. The zero-order valence-corrected chi connectivity index (χ0v) is 10.6. The van der Waals surface area contributed by atoms with Crippen LogP contribution in [0, 0.1) is 0 Å². The molecule has 0 saturated carbocycles. The van der Waals surface area contributed by atoms with E-state index in [0.717, 1.165) is 5.69 Å². The topological polar surface area (TPSA) is 68.2 Å². The number of hydrogen-bond acceptors (Lipinski definition) is 5. The molecular formula is C14H13N5O. The summed E-state index contributed by atoms with van der Waals surface area (Å²) in [5.74, 6) is 0.683. The Hall–Kier alpha value is -2.89. The molecule has 1 unspecified atom stereocenters. The third-order valence-electron chi connectivity index (χ3n) is 2.72. The van der Waals surface area contributed by atoms with Crippen LogP contribution in [0.25, 0.3) is 0 Å². The molecule has 0 bridgehead atoms. The van der Waals surface area contributed by atoms with Gasteiger partial charge in [-0.3, -0.25) is 10.4 Å². The highest BCUT2D eigenvalue weighted by Crippen LogP contribution is 2.12. The van der Waals surface area contributed by atoms with Gasteiger partial charge >= 0.3 is 0 Å². The molecular weight excluding hydrogens is 254 g/mol. The maximum Gasteiger partial charge on any atom is 0.163 e. The molecule has 100 valence electrons. The third kappa shape index (κ3) is 2.74. The molecule has 0 radical (unpaired) electrons. The minimum Gasteiger partial charge on any atom is -0.463 e. The summed E-state index contributed by atoms with van der Waals surface area (Å²) >= 11 is 0. The van der Waals surface area contributed by atoms with Gasteiger partial charge < -0.3 is 8.98 Å². The van der Waals surface area contributed by atoms with Crippen molar-refractivity contribution in [2.24, 2.45) is 5.10 Å². The predicted molar refractivity (Wildman–Crippen MR) is 74.0 cm³/mol. The quantitative estimate of drug-likeness (QED) is 0.567. The zero-order valence-electron chi connectivity index (χ0n) is 10.6. The Labute approximate surface area is 115 Å². The molecule has 0 fully saturated rings. The fourth-order valence-electron chi connectivity index (χ4n) is 1.78. The number of furan rings is 1. The molecule has 3 rings (SSSR count). The Morgan fingerprint density at radius 2 is 2.25 bits per heavy atom. The van der Waals surface area contributed by atoms with E-state index in [1.54, 1.807) is 31.2 Å². The van der Waals surface area contributed by atoms with Crippen molar-refractivity contribution in [2.45, 2.75) is 6.17 Å². The van der Waals surface area contributed by atoms with Gasteiger partial charge in [-0.1, -0.05) is 6.07 Å². The number of rotatable bonds is 5. The van der Waals surface area contributed by atoms with Gasteiger partial charge in [-0.05, 0) is 24.3 Å². The molecule has 6 heteroatoms. The second-order valence-corrected chi connectivity index (χ2v) is 4.07. The Morgan fingerprint density at radius 1 is 1.25 bits per heavy atom. The summed E-state index contributed by atoms with van der Waals surface area (Å²) in [6.07, 6.45) is 10.0. The average molecular weight is 267 g/mol. The number of pyridine rings is 1. The van der Waals surface area contributed by atoms with E-state index in [4.69, 9.17) is 4.42 Å². The molecule has 3 aromatic heterocycles. The van der Waals surface area contributed by atoms with E-state index in [1.165, 1.54) is 0 Å². The van der Waals surface area contributed by atoms with E-state index in [0.29, 0.717) is 5.76 Å². The average Bonchev–Trinajstić information content (AvgIpc) is 3.18. The first-order valence-corrected chi connectivity index (χ1v) is 6.14. The van der Waals surface area contributed by atoms with Crippen LogP contribution in [0.15, 0.2) is 71.0 Å². The molecule has 3 heterocycles. The highest BCUT2D eigenvalue weighted by molar-refractivity contribution is 5.75. The summed E-state index contributed by atoms with van der Waals surface area (Å²) in [5, 5.41) is 4.19. The van der Waals surface area contributed by atoms with E-state index >= 15 is 0 Å². The zero-order chi connectivity index (χ0) is 13.6. The SMILES string of the molecule is C(=NNC(c1ccccn1)n1ccnc1)c1ccco1. The molecule has 0 aromatic carbocycles. The van der Waals surface area contributed by atoms with Crippen LogP contribution >= 0.6 is 0 Å². The number of hydrazone groups is 1. The Morgan fingerprint density at radius 3 is 2.95 bits per heavy atom. The van der Waals surface area contributed by atoms with Crippen molar-refractivity contribution >= 4 is 6.21 Å². The first-order chi connectivity index (χ1) is 9.93. The van der Waals surface area contributed by atoms with Crippen LogP contribution in [0.1, 0.15) is 17.6 Å². The van der Waals surface area contributed by atoms with E-state index in [2.05, 4.69) is 20.5 Å². The summed E-state index contributed by atoms with van der Waals surface area (Å²) < 4.78 is 7.08. The molecule has 0 spiro atoms. The molecule has 6 nitrogen and oxygen atoms in total. The molecule has 1 atom stereocenters. The normalized spacial score (nSPS) is 12.6. The van der Waals surface area contributed by atoms with Gasteiger partial charge in [0.25, 0.3) is 0 Å². The van der Waals surface area contributed by atoms with E-state index < -0.39 is 0 Å². The van der Waals surface area contributed by atoms with Gasteiger partial charge in [0.1, 0.15) is 5.76 Å². The van der Waals surface area contributed by atoms with Crippen molar-refractivity contribution in [3.05, 3.63) is 73.0 Å². The van der Waals surface area contributed by atoms with Crippen LogP contribution in [0.2, 0.25) is 0 Å². The summed E-state index contributed by atoms with van der Waals surface area (Å²) in [7, 11) is 0. The Bertz CT molecular complexity index is 646. The van der Waals surface area contributed by atoms with Gasteiger partial charge in [-0.2, -0.15) is 5.10 Å². The smallest absolute Gasteiger partial charge is 0.163 e. The molecule has 0 aliphatic rings. The molecule has 0 aliphatic heterocycles. The first kappa shape index (κ1) is 12.2. The second-order valence-electron chi connectivity index (χ2n) is 4.07. The van der Waals surface area contributed by atoms with Crippen molar-refractivity contribution in [2.75, 3.05) is 0 Å². The number of hydrogen-bond donors (Lipinski definition) is 1. The molecule has 1 N–H and O–H groups in total. The summed E-state index contributed by atoms with van der Waals surface area (Å²) in [6, 6.07) is 9.39. The molecule has 20 heavy (non-hydrogen) atoms. The monoisotopic (exact) mass is 267 g/mol. The maximum atomic E-state index is 5.19. The minimum atomic E-state index is -0.218. The lowest BCUT2D eigenvalue weighted by Gasteiger charge is -2.17. The highest BCUT2D eigenvalue weighted by Gasteiger charge is 2.12. The predicted octanol–water partition coefficient (Wildman–Crippen LogP) is 2.04. The fourth-order valence-corrected chi connectivity index (χ4v) is 1.78. The van der Waals surface area contributed by atoms with E-state index in [-0.39, 0.29) is 6.17 Å². The largest absolute Gasteiger partial charge is 0.463 e. The number of imidazole rings is 1. The van der Waals surface area contributed by atoms with Crippen molar-refractivity contribution in [1.82, 2.24) is 20.0 Å². The van der Waals surface area contributed by atoms with E-state index in [1.807, 2.05) is 41.1 Å². The van der Waals surface area contributed by atoms with Gasteiger partial charge in [0, 0.05) is 18.6 Å². The summed E-state index contributed by atoms with van der Waals surface area (Å²) in [5.41, 5.74) is 3.90. The molecule has 0 aliphatic carbocycles. The van der Waals surface area contributed by atoms with Crippen LogP contribution in [0.3, 0.4) is 0 Å². The van der Waals surface area contributed by atoms with Gasteiger partial charge in [0.15, 0.2) is 6.17 Å². The van der Waals surface area contributed by atoms with Gasteiger partial charge in [0.05, 0.1) is 24.5 Å². The van der Waals surface area contributed by atoms with Crippen LogP contribution in [-0.4, -0.2) is 20.7 Å². The molecule has 3 aromatic rings. The maximum absolute atomic E-state index is 5.19. The number of nitrogens with zero attached hydrogens (tertiary/aromatic N) is 4. The summed E-state index contributed by atoms with van der Waals surface area (Å²) in [6.45, 7) is 0. The first-order valence-electron chi connectivity index (χ1n) is 6.14. The number of aromatic nitrogens is 3. The van der Waals surface area contributed by atoms with E-state index in [9.17, 15) is 0 Å². The highest BCUT2D eigenvalue weighted by atomic mass is 16.3. The van der Waals surface area contributed by atoms with Gasteiger partial charge in [-0.15, -0.1) is 0 Å². The van der Waals surface area contributed by atoms with Crippen LogP contribution in [0.4, 0.5) is 0 Å². The summed E-state index contributed by atoms with van der Waals surface area (Å²) in [4.78, 5) is 8.39. The van der Waals surface area contributed by atoms with Crippen molar-refractivity contribution < 1.29 is 4.42 Å². The van der Waals surface area contributed by atoms with Crippen molar-refractivity contribution in [3.63, 3.8) is 0 Å².